The lowest BCUT2D eigenvalue weighted by Crippen LogP contribution is -2.65. The normalized spacial score (nSPS) is 24.0. The van der Waals surface area contributed by atoms with E-state index >= 15 is 0 Å². The van der Waals surface area contributed by atoms with Gasteiger partial charge in [-0.15, -0.1) is 0 Å². The highest BCUT2D eigenvalue weighted by Crippen LogP contribution is 2.38. The minimum atomic E-state index is -1.54. The van der Waals surface area contributed by atoms with Crippen LogP contribution >= 0.6 is 0 Å². The number of piperidine rings is 1. The number of nitrogens with one attached hydrogen (secondary N) is 4. The van der Waals surface area contributed by atoms with Gasteiger partial charge < -0.3 is 51.3 Å². The lowest BCUT2D eigenvalue weighted by atomic mass is 9.72. The second kappa shape index (κ2) is 33.0. The number of aromatic hydroxyl groups is 1. The third kappa shape index (κ3) is 20.2. The molecule has 0 saturated carbocycles. The number of amides is 4. The number of hydrogen-bond acceptors (Lipinski definition) is 13. The molecule has 1 aromatic rings. The Morgan fingerprint density at radius 1 is 0.924 bits per heavy atom. The van der Waals surface area contributed by atoms with E-state index in [-0.39, 0.29) is 66.9 Å². The van der Waals surface area contributed by atoms with Crippen molar-refractivity contribution < 1.29 is 68.1 Å². The number of esters is 1. The van der Waals surface area contributed by atoms with Crippen LogP contribution in [-0.4, -0.2) is 127 Å². The number of rotatable bonds is 32. The molecule has 10 N–H and O–H groups in total. The molecule has 0 spiro atoms. The molecule has 2 aliphatic heterocycles. The zero-order valence-electron chi connectivity index (χ0n) is 48.5. The maximum Gasteiger partial charge on any atom is 0.325 e. The summed E-state index contributed by atoms with van der Waals surface area (Å²) in [5.74, 6) is -8.36. The number of benzene rings is 1. The Hall–Kier alpha value is -5.05. The molecular formula is C60H95F2N5O12. The van der Waals surface area contributed by atoms with Crippen molar-refractivity contribution in [1.29, 1.82) is 0 Å². The van der Waals surface area contributed by atoms with E-state index in [1.165, 1.54) is 0 Å². The molecule has 4 amide bonds. The first-order valence-electron chi connectivity index (χ1n) is 28.6. The van der Waals surface area contributed by atoms with Gasteiger partial charge in [-0.1, -0.05) is 118 Å². The van der Waals surface area contributed by atoms with Gasteiger partial charge in [-0.2, -0.15) is 4.39 Å². The Labute approximate surface area is 467 Å². The van der Waals surface area contributed by atoms with Gasteiger partial charge >= 0.3 is 5.97 Å². The fourth-order valence-corrected chi connectivity index (χ4v) is 10.6. The molecule has 2 fully saturated rings. The highest BCUT2D eigenvalue weighted by atomic mass is 19.2. The number of phenolic OH excluding ortho intramolecular Hbond substituents is 1. The van der Waals surface area contributed by atoms with E-state index in [9.17, 15) is 63.4 Å². The molecular weight excluding hydrogens is 1020 g/mol. The van der Waals surface area contributed by atoms with Gasteiger partial charge in [0.15, 0.2) is 17.4 Å². The molecule has 0 aliphatic carbocycles. The lowest BCUT2D eigenvalue weighted by molar-refractivity contribution is -0.170. The third-order valence-electron chi connectivity index (χ3n) is 16.4. The highest BCUT2D eigenvalue weighted by molar-refractivity contribution is 5.91. The van der Waals surface area contributed by atoms with Crippen LogP contribution in [0.4, 0.5) is 8.78 Å². The highest BCUT2D eigenvalue weighted by Gasteiger charge is 2.49. The molecule has 0 radical (unpaired) electrons. The number of halogens is 2. The Morgan fingerprint density at radius 3 is 2.24 bits per heavy atom. The van der Waals surface area contributed by atoms with E-state index in [0.717, 1.165) is 30.0 Å². The van der Waals surface area contributed by atoms with Gasteiger partial charge in [-0.3, -0.25) is 29.0 Å². The monoisotopic (exact) mass is 1120 g/mol. The van der Waals surface area contributed by atoms with Gasteiger partial charge in [0.05, 0.1) is 24.4 Å². The summed E-state index contributed by atoms with van der Waals surface area (Å²) in [5, 5.41) is 74.5. The number of nitrogens with zero attached hydrogens (tertiary/aromatic N) is 1. The summed E-state index contributed by atoms with van der Waals surface area (Å²) >= 11 is 0. The number of carbonyl (C=O) groups is 5. The van der Waals surface area contributed by atoms with Crippen LogP contribution in [-0.2, 0) is 35.1 Å². The first-order chi connectivity index (χ1) is 37.2. The second-order valence-corrected chi connectivity index (χ2v) is 22.9. The summed E-state index contributed by atoms with van der Waals surface area (Å²) in [7, 11) is 0. The quantitative estimate of drug-likeness (QED) is 0.0204. The smallest absolute Gasteiger partial charge is 0.325 e. The minimum Gasteiger partial charge on any atom is -0.505 e. The van der Waals surface area contributed by atoms with E-state index in [0.29, 0.717) is 56.9 Å². The van der Waals surface area contributed by atoms with Gasteiger partial charge in [0.25, 0.3) is 5.91 Å². The fraction of sp³-hybridized carbons (Fsp3) is 0.683. The maximum absolute atomic E-state index is 14.4. The number of ether oxygens (including phenoxy) is 1. The van der Waals surface area contributed by atoms with Crippen LogP contribution < -0.4 is 21.4 Å². The summed E-state index contributed by atoms with van der Waals surface area (Å²) in [5.41, 5.74) is 2.06. The molecule has 2 saturated heterocycles. The summed E-state index contributed by atoms with van der Waals surface area (Å²) in [6.45, 7) is 20.5. The molecule has 2 heterocycles. The molecule has 79 heavy (non-hydrogen) atoms. The van der Waals surface area contributed by atoms with Crippen LogP contribution in [0.5, 0.6) is 5.75 Å². The van der Waals surface area contributed by atoms with E-state index in [4.69, 9.17) is 4.74 Å². The average Bonchev–Trinajstić information content (AvgIpc) is 3.45. The number of phenols is 1. The zero-order chi connectivity index (χ0) is 59.3. The number of allylic oxidation sites excluding steroid dienone is 5. The van der Waals surface area contributed by atoms with Gasteiger partial charge in [0.1, 0.15) is 30.0 Å². The molecule has 12 unspecified atom stereocenters. The van der Waals surface area contributed by atoms with E-state index in [2.05, 4.69) is 21.4 Å². The van der Waals surface area contributed by atoms with Gasteiger partial charge in [0.2, 0.25) is 18.2 Å². The zero-order valence-corrected chi connectivity index (χ0v) is 48.5. The Morgan fingerprint density at radius 2 is 1.61 bits per heavy atom. The molecule has 2 aliphatic rings. The van der Waals surface area contributed by atoms with Crippen LogP contribution in [0.15, 0.2) is 60.2 Å². The van der Waals surface area contributed by atoms with E-state index in [1.54, 1.807) is 58.9 Å². The van der Waals surface area contributed by atoms with E-state index < -0.39 is 107 Å². The average molecular weight is 1120 g/mol. The molecule has 19 heteroatoms. The van der Waals surface area contributed by atoms with E-state index in [1.807, 2.05) is 59.8 Å². The van der Waals surface area contributed by atoms with Crippen LogP contribution in [0.25, 0.3) is 0 Å². The number of hydrogen-bond donors (Lipinski definition) is 10. The van der Waals surface area contributed by atoms with Crippen LogP contribution in [0, 0.1) is 59.0 Å². The number of aliphatic hydroxyl groups is 5. The van der Waals surface area contributed by atoms with Crippen molar-refractivity contribution in [2.45, 2.75) is 208 Å². The van der Waals surface area contributed by atoms with Crippen molar-refractivity contribution >= 4 is 30.1 Å². The summed E-state index contributed by atoms with van der Waals surface area (Å²) < 4.78 is 34.6. The SMILES string of the molecule is CCCC(C)C(O)C(C)[C@@H](O)/C=C/C=C/C[C@H](OC(=O)C1CCCN(C(=O)C(Cc2cc(O)c(F)c(F)c2)NC(=O)C(NC=O)C(C)C)N1)/C(C)=C/C=C/CCC(C)C(O)CCC(C)C(O)C(C)[C@@]1(O)NC(=O)C(CC)C[C@@H]1C. The number of carbonyl (C=O) groups excluding carboxylic acids is 5. The minimum absolute atomic E-state index is 0.0105. The fourth-order valence-electron chi connectivity index (χ4n) is 10.6. The second-order valence-electron chi connectivity index (χ2n) is 22.9. The molecule has 17 nitrogen and oxygen atoms in total. The predicted octanol–water partition coefficient (Wildman–Crippen LogP) is 6.74. The number of aliphatic hydroxyl groups excluding tert-OH is 4. The summed E-state index contributed by atoms with van der Waals surface area (Å²) in [6.07, 6.45) is 14.3. The summed E-state index contributed by atoms with van der Waals surface area (Å²) in [4.78, 5) is 65.8. The molecule has 446 valence electrons. The lowest BCUT2D eigenvalue weighted by Gasteiger charge is -2.47. The Bertz CT molecular complexity index is 2220. The first-order valence-corrected chi connectivity index (χ1v) is 28.6. The maximum atomic E-state index is 14.4. The van der Waals surface area contributed by atoms with Crippen molar-refractivity contribution in [3.05, 3.63) is 77.4 Å². The van der Waals surface area contributed by atoms with Crippen molar-refractivity contribution in [2.24, 2.45) is 47.3 Å². The van der Waals surface area contributed by atoms with Crippen molar-refractivity contribution in [3.63, 3.8) is 0 Å². The molecule has 0 aromatic heterocycles. The van der Waals surface area contributed by atoms with Gasteiger partial charge in [0, 0.05) is 43.1 Å². The van der Waals surface area contributed by atoms with Crippen molar-refractivity contribution in [3.8, 4) is 5.75 Å². The first kappa shape index (κ1) is 68.2. The predicted molar refractivity (Wildman–Crippen MR) is 299 cm³/mol. The third-order valence-corrected chi connectivity index (χ3v) is 16.4. The molecule has 1 aromatic carbocycles. The summed E-state index contributed by atoms with van der Waals surface area (Å²) in [6, 6.07) is -1.76. The Kier molecular flexibility index (Phi) is 28.5. The van der Waals surface area contributed by atoms with Gasteiger partial charge in [-0.05, 0) is 112 Å². The molecule has 0 bridgehead atoms. The van der Waals surface area contributed by atoms with Gasteiger partial charge in [-0.25, -0.2) is 9.82 Å². The van der Waals surface area contributed by atoms with Crippen LogP contribution in [0.1, 0.15) is 152 Å². The van der Waals surface area contributed by atoms with Crippen molar-refractivity contribution in [1.82, 2.24) is 26.4 Å². The van der Waals surface area contributed by atoms with Crippen molar-refractivity contribution in [2.75, 3.05) is 6.54 Å². The van der Waals surface area contributed by atoms with Crippen LogP contribution in [0.3, 0.4) is 0 Å². The molecule has 16 atom stereocenters. The Balaban J connectivity index is 1.75. The largest absolute Gasteiger partial charge is 0.505 e. The topological polar surface area (TPSA) is 267 Å². The van der Waals surface area contributed by atoms with Crippen LogP contribution in [0.2, 0.25) is 0 Å². The standard InChI is InChI=1S/C60H95F2N5O12/c1-12-21-38(7)54(72)41(10)49(70)25-18-15-19-26-51(37(6)23-17-14-16-22-36(5)48(69)28-27-39(8)55(73)42(11)60(78)40(9)30-44(13-2)56(74)65-60)79-59(77)46-24-20-29-67(66-46)58(76)47(64-57(75)53(35(3)4)63-34-68)32-43-31-45(61)52(62)50(71)33-43/h14-15,17-19,23,25,31,33-36,38-42,44,46-49,51,53-55,66,69-73,78H,12-13,16,20-22,24,26-30,32H2,1-11H3,(H,63,68)(H,64,75)(H,65,74)/b17-14+,19-15+,25-18+,37-23+/t36?,38?,39?,40-,41?,42?,44?,46?,47?,48?,49-,51-,53?,54?,55?,60+/m0/s1. The number of hydrazine groups is 1. The molecule has 3 rings (SSSR count).